The second kappa shape index (κ2) is 2.88. The van der Waals surface area contributed by atoms with Gasteiger partial charge in [-0.25, -0.2) is 4.79 Å². The summed E-state index contributed by atoms with van der Waals surface area (Å²) in [6.07, 6.45) is 3.25. The zero-order valence-corrected chi connectivity index (χ0v) is 7.16. The summed E-state index contributed by atoms with van der Waals surface area (Å²) in [6.45, 7) is 2.01. The van der Waals surface area contributed by atoms with Crippen LogP contribution in [0.5, 0.6) is 0 Å². The summed E-state index contributed by atoms with van der Waals surface area (Å²) >= 11 is 0. The fourth-order valence-corrected chi connectivity index (χ4v) is 1.43. The van der Waals surface area contributed by atoms with Gasteiger partial charge < -0.3 is 4.98 Å². The molecule has 0 atom stereocenters. The summed E-state index contributed by atoms with van der Waals surface area (Å²) in [5.41, 5.74) is 2.81. The molecule has 3 nitrogen and oxygen atoms in total. The Hall–Kier alpha value is -1.86. The molecule has 1 heterocycles. The molecule has 64 valence electrons. The van der Waals surface area contributed by atoms with Gasteiger partial charge in [0.05, 0.1) is 5.52 Å². The number of para-hydroxylation sites is 1. The van der Waals surface area contributed by atoms with E-state index in [-0.39, 0.29) is 0 Å². The molecule has 2 rings (SSSR count). The molecule has 0 unspecified atom stereocenters. The van der Waals surface area contributed by atoms with E-state index >= 15 is 0 Å². The van der Waals surface area contributed by atoms with E-state index in [9.17, 15) is 4.79 Å². The number of isocyanates is 1. The van der Waals surface area contributed by atoms with Crippen molar-refractivity contribution in [3.8, 4) is 0 Å². The van der Waals surface area contributed by atoms with Gasteiger partial charge >= 0.3 is 0 Å². The minimum atomic E-state index is 0.647. The van der Waals surface area contributed by atoms with E-state index in [4.69, 9.17) is 0 Å². The Morgan fingerprint density at radius 2 is 2.31 bits per heavy atom. The van der Waals surface area contributed by atoms with Crippen molar-refractivity contribution >= 4 is 22.7 Å². The average Bonchev–Trinajstić information content (AvgIpc) is 2.51. The number of aromatic nitrogens is 1. The second-order valence-electron chi connectivity index (χ2n) is 2.87. The third-order valence-corrected chi connectivity index (χ3v) is 2.07. The van der Waals surface area contributed by atoms with Crippen LogP contribution in [0, 0.1) is 6.92 Å². The van der Waals surface area contributed by atoms with Crippen molar-refractivity contribution in [2.75, 3.05) is 0 Å². The summed E-state index contributed by atoms with van der Waals surface area (Å²) in [6, 6.07) is 5.87. The number of nitrogens with zero attached hydrogens (tertiary/aromatic N) is 1. The molecular formula is C10H8N2O. The number of nitrogens with one attached hydrogen (secondary N) is 1. The van der Waals surface area contributed by atoms with Crippen molar-refractivity contribution in [1.82, 2.24) is 4.98 Å². The number of fused-ring (bicyclic) bond motifs is 1. The first kappa shape index (κ1) is 7.77. The predicted octanol–water partition coefficient (Wildman–Crippen LogP) is 2.44. The van der Waals surface area contributed by atoms with Crippen molar-refractivity contribution in [2.24, 2.45) is 4.99 Å². The Balaban J connectivity index is 2.82. The van der Waals surface area contributed by atoms with Gasteiger partial charge in [0, 0.05) is 11.6 Å². The number of rotatable bonds is 1. The highest BCUT2D eigenvalue weighted by Gasteiger charge is 2.02. The molecule has 2 aromatic rings. The lowest BCUT2D eigenvalue weighted by Crippen LogP contribution is -1.73. The lowest BCUT2D eigenvalue weighted by atomic mass is 10.1. The van der Waals surface area contributed by atoms with Crippen molar-refractivity contribution in [3.63, 3.8) is 0 Å². The summed E-state index contributed by atoms with van der Waals surface area (Å²) in [4.78, 5) is 16.8. The number of aryl methyl sites for hydroxylation is 1. The maximum absolute atomic E-state index is 10.1. The molecule has 0 aliphatic rings. The molecule has 3 heteroatoms. The molecule has 0 spiro atoms. The first-order valence-electron chi connectivity index (χ1n) is 3.97. The number of hydrogen-bond acceptors (Lipinski definition) is 2. The van der Waals surface area contributed by atoms with Gasteiger partial charge in [-0.15, -0.1) is 0 Å². The predicted molar refractivity (Wildman–Crippen MR) is 50.8 cm³/mol. The van der Waals surface area contributed by atoms with Crippen LogP contribution in [0.25, 0.3) is 10.9 Å². The number of hydrogen-bond donors (Lipinski definition) is 1. The molecule has 0 fully saturated rings. The highest BCUT2D eigenvalue weighted by molar-refractivity contribution is 5.93. The van der Waals surface area contributed by atoms with Crippen LogP contribution in [0.15, 0.2) is 29.4 Å². The van der Waals surface area contributed by atoms with Gasteiger partial charge in [0.1, 0.15) is 5.69 Å². The fraction of sp³-hybridized carbons (Fsp3) is 0.100. The Morgan fingerprint density at radius 3 is 3.08 bits per heavy atom. The van der Waals surface area contributed by atoms with Crippen LogP contribution < -0.4 is 0 Å². The molecule has 0 saturated heterocycles. The minimum Gasteiger partial charge on any atom is -0.359 e. The first-order chi connectivity index (χ1) is 6.33. The van der Waals surface area contributed by atoms with Crippen LogP contribution in [-0.2, 0) is 4.79 Å². The highest BCUT2D eigenvalue weighted by Crippen LogP contribution is 2.26. The van der Waals surface area contributed by atoms with Crippen LogP contribution in [-0.4, -0.2) is 11.1 Å². The van der Waals surface area contributed by atoms with Crippen LogP contribution in [0.2, 0.25) is 0 Å². The van der Waals surface area contributed by atoms with E-state index in [1.807, 2.05) is 25.1 Å². The molecule has 1 N–H and O–H groups in total. The summed E-state index contributed by atoms with van der Waals surface area (Å²) in [7, 11) is 0. The van der Waals surface area contributed by atoms with E-state index in [1.165, 1.54) is 6.08 Å². The average molecular weight is 172 g/mol. The topological polar surface area (TPSA) is 45.2 Å². The Bertz CT molecular complexity index is 493. The van der Waals surface area contributed by atoms with Crippen molar-refractivity contribution in [3.05, 3.63) is 30.0 Å². The SMILES string of the molecule is Cc1cccc2c(N=C=O)c[nH]c12. The molecule has 13 heavy (non-hydrogen) atoms. The highest BCUT2D eigenvalue weighted by atomic mass is 16.1. The van der Waals surface area contributed by atoms with Gasteiger partial charge in [-0.05, 0) is 12.5 Å². The van der Waals surface area contributed by atoms with E-state index in [0.29, 0.717) is 5.69 Å². The van der Waals surface area contributed by atoms with Crippen molar-refractivity contribution < 1.29 is 4.79 Å². The number of aromatic amines is 1. The van der Waals surface area contributed by atoms with Gasteiger partial charge in [-0.3, -0.25) is 0 Å². The molecular weight excluding hydrogens is 164 g/mol. The van der Waals surface area contributed by atoms with Gasteiger partial charge in [0.25, 0.3) is 0 Å². The lowest BCUT2D eigenvalue weighted by Gasteiger charge is -1.93. The first-order valence-corrected chi connectivity index (χ1v) is 3.97. The second-order valence-corrected chi connectivity index (χ2v) is 2.87. The van der Waals surface area contributed by atoms with Crippen molar-refractivity contribution in [2.45, 2.75) is 6.92 Å². The Kier molecular flexibility index (Phi) is 1.72. The third kappa shape index (κ3) is 1.15. The molecule has 0 aliphatic heterocycles. The molecule has 0 bridgehead atoms. The van der Waals surface area contributed by atoms with E-state index < -0.39 is 0 Å². The van der Waals surface area contributed by atoms with Gasteiger partial charge in [-0.1, -0.05) is 18.2 Å². The number of aliphatic imine (C=N–C) groups is 1. The van der Waals surface area contributed by atoms with Gasteiger partial charge in [0.15, 0.2) is 0 Å². The van der Waals surface area contributed by atoms with Crippen LogP contribution in [0.4, 0.5) is 5.69 Å². The van der Waals surface area contributed by atoms with Crippen LogP contribution >= 0.6 is 0 Å². The lowest BCUT2D eigenvalue weighted by molar-refractivity contribution is 0.565. The normalized spacial score (nSPS) is 9.92. The van der Waals surface area contributed by atoms with Crippen LogP contribution in [0.1, 0.15) is 5.56 Å². The maximum Gasteiger partial charge on any atom is 0.240 e. The molecule has 1 aromatic heterocycles. The fourth-order valence-electron chi connectivity index (χ4n) is 1.43. The third-order valence-electron chi connectivity index (χ3n) is 2.07. The quantitative estimate of drug-likeness (QED) is 0.521. The Labute approximate surface area is 75.1 Å². The minimum absolute atomic E-state index is 0.647. The number of H-pyrrole nitrogens is 1. The number of benzene rings is 1. The molecule has 0 radical (unpaired) electrons. The molecule has 0 saturated carbocycles. The largest absolute Gasteiger partial charge is 0.359 e. The van der Waals surface area contributed by atoms with Gasteiger partial charge in [0.2, 0.25) is 6.08 Å². The summed E-state index contributed by atoms with van der Waals surface area (Å²) in [5.74, 6) is 0. The van der Waals surface area contributed by atoms with E-state index in [1.54, 1.807) is 6.20 Å². The Morgan fingerprint density at radius 1 is 1.46 bits per heavy atom. The molecule has 0 amide bonds. The van der Waals surface area contributed by atoms with Crippen molar-refractivity contribution in [1.29, 1.82) is 0 Å². The summed E-state index contributed by atoms with van der Waals surface area (Å²) in [5, 5.41) is 0.961. The summed E-state index contributed by atoms with van der Waals surface area (Å²) < 4.78 is 0. The monoisotopic (exact) mass is 172 g/mol. The smallest absolute Gasteiger partial charge is 0.240 e. The van der Waals surface area contributed by atoms with E-state index in [2.05, 4.69) is 9.98 Å². The number of carbonyl (C=O) groups excluding carboxylic acids is 1. The molecule has 0 aliphatic carbocycles. The molecule has 1 aromatic carbocycles. The van der Waals surface area contributed by atoms with E-state index in [0.717, 1.165) is 16.5 Å². The van der Waals surface area contributed by atoms with Gasteiger partial charge in [-0.2, -0.15) is 4.99 Å². The maximum atomic E-state index is 10.1. The standard InChI is InChI=1S/C10H8N2O/c1-7-3-2-4-8-9(12-6-13)5-11-10(7)8/h2-5,11H,1H3. The zero-order valence-electron chi connectivity index (χ0n) is 7.16. The zero-order chi connectivity index (χ0) is 9.26. The van der Waals surface area contributed by atoms with Crippen LogP contribution in [0.3, 0.4) is 0 Å².